The van der Waals surface area contributed by atoms with Gasteiger partial charge in [-0.3, -0.25) is 0 Å². The van der Waals surface area contributed by atoms with Gasteiger partial charge in [-0.05, 0) is 57.0 Å². The van der Waals surface area contributed by atoms with Crippen LogP contribution in [0.3, 0.4) is 0 Å². The molecule has 1 unspecified atom stereocenters. The normalized spacial score (nSPS) is 20.4. The maximum Gasteiger partial charge on any atom is 0.136 e. The number of benzene rings is 1. The first-order valence-corrected chi connectivity index (χ1v) is 9.72. The van der Waals surface area contributed by atoms with E-state index in [9.17, 15) is 8.94 Å². The lowest BCUT2D eigenvalue weighted by atomic mass is 10.0. The minimum atomic E-state index is -1.27. The van der Waals surface area contributed by atoms with Crippen LogP contribution in [0.5, 0.6) is 0 Å². The molecule has 0 saturated carbocycles. The van der Waals surface area contributed by atoms with Crippen molar-refractivity contribution in [2.24, 2.45) is 5.11 Å². The van der Waals surface area contributed by atoms with Crippen LogP contribution in [-0.4, -0.2) is 41.6 Å². The summed E-state index contributed by atoms with van der Waals surface area (Å²) in [6.07, 6.45) is -0.204. The number of anilines is 1. The lowest BCUT2D eigenvalue weighted by Gasteiger charge is -2.36. The average molecular weight is 383 g/mol. The van der Waals surface area contributed by atoms with Crippen molar-refractivity contribution in [1.82, 2.24) is 4.72 Å². The van der Waals surface area contributed by atoms with Gasteiger partial charge in [0.1, 0.15) is 10.6 Å². The van der Waals surface area contributed by atoms with Gasteiger partial charge in [-0.2, -0.15) is 0 Å². The number of nitrogens with zero attached hydrogens (tertiary/aromatic N) is 4. The molecule has 0 spiro atoms. The Balaban J connectivity index is 2.22. The van der Waals surface area contributed by atoms with E-state index in [1.54, 1.807) is 6.07 Å². The second kappa shape index (κ2) is 8.92. The highest BCUT2D eigenvalue weighted by molar-refractivity contribution is 7.90. The summed E-state index contributed by atoms with van der Waals surface area (Å²) >= 11 is -1.27. The van der Waals surface area contributed by atoms with Gasteiger partial charge in [-0.1, -0.05) is 5.11 Å². The van der Waals surface area contributed by atoms with Gasteiger partial charge in [-0.25, -0.2) is 4.39 Å². The molecule has 1 aliphatic rings. The molecule has 1 saturated heterocycles. The van der Waals surface area contributed by atoms with Crippen LogP contribution in [0.25, 0.3) is 10.4 Å². The summed E-state index contributed by atoms with van der Waals surface area (Å²) in [6.45, 7) is 9.49. The molecule has 1 fully saturated rings. The molecule has 0 bridgehead atoms. The third-order valence-electron chi connectivity index (χ3n) is 4.12. The number of nitrogens with one attached hydrogen (secondary N) is 1. The van der Waals surface area contributed by atoms with E-state index >= 15 is 0 Å². The maximum atomic E-state index is 13.9. The fourth-order valence-corrected chi connectivity index (χ4v) is 3.54. The molecule has 1 N–H and O–H groups in total. The highest BCUT2D eigenvalue weighted by Crippen LogP contribution is 2.30. The molecule has 1 aliphatic heterocycles. The highest BCUT2D eigenvalue weighted by atomic mass is 32.2. The molecule has 1 aromatic rings. The summed E-state index contributed by atoms with van der Waals surface area (Å²) in [5.41, 5.74) is 10.1. The van der Waals surface area contributed by atoms with Crippen molar-refractivity contribution in [1.29, 1.82) is 0 Å². The molecule has 0 aromatic heterocycles. The van der Waals surface area contributed by atoms with Crippen molar-refractivity contribution in [3.05, 3.63) is 40.0 Å². The minimum absolute atomic E-state index is 0.204. The number of azide groups is 1. The predicted molar refractivity (Wildman–Crippen MR) is 102 cm³/mol. The zero-order chi connectivity index (χ0) is 19.3. The van der Waals surface area contributed by atoms with Crippen LogP contribution in [0, 0.1) is 5.82 Å². The van der Waals surface area contributed by atoms with Crippen LogP contribution >= 0.6 is 0 Å². The summed E-state index contributed by atoms with van der Waals surface area (Å²) < 4.78 is 34.6. The number of halogens is 1. The molecule has 0 aliphatic carbocycles. The van der Waals surface area contributed by atoms with E-state index in [2.05, 4.69) is 19.6 Å². The molecule has 1 heterocycles. The highest BCUT2D eigenvalue weighted by Gasteiger charge is 2.30. The van der Waals surface area contributed by atoms with Crippen molar-refractivity contribution in [3.8, 4) is 0 Å². The molecule has 144 valence electrons. The Hall–Kier alpha value is -1.51. The summed E-state index contributed by atoms with van der Waals surface area (Å²) in [5, 5.41) is 3.58. The van der Waals surface area contributed by atoms with Gasteiger partial charge < -0.3 is 14.2 Å². The van der Waals surface area contributed by atoms with Crippen LogP contribution in [0.4, 0.5) is 10.1 Å². The molecule has 9 heteroatoms. The van der Waals surface area contributed by atoms with E-state index in [1.807, 2.05) is 27.7 Å². The second-order valence-corrected chi connectivity index (χ2v) is 9.27. The Morgan fingerprint density at radius 3 is 2.92 bits per heavy atom. The monoisotopic (exact) mass is 383 g/mol. The van der Waals surface area contributed by atoms with Gasteiger partial charge in [0.05, 0.1) is 25.3 Å². The number of hydrogen-bond acceptors (Lipinski definition) is 5. The largest absolute Gasteiger partial charge is 0.598 e. The maximum absolute atomic E-state index is 13.9. The van der Waals surface area contributed by atoms with Crippen LogP contribution < -0.4 is 9.62 Å². The zero-order valence-corrected chi connectivity index (χ0v) is 16.4. The van der Waals surface area contributed by atoms with E-state index in [4.69, 9.17) is 10.3 Å². The second-order valence-electron chi connectivity index (χ2n) is 7.28. The van der Waals surface area contributed by atoms with Gasteiger partial charge in [0.25, 0.3) is 0 Å². The van der Waals surface area contributed by atoms with Crippen LogP contribution in [0.2, 0.25) is 0 Å². The fourth-order valence-electron chi connectivity index (χ4n) is 2.74. The molecule has 0 amide bonds. The molecular formula is C17H26FN5O2S. The number of ether oxygens (including phenoxy) is 1. The Bertz CT molecular complexity index is 663. The first kappa shape index (κ1) is 20.8. The third-order valence-corrected chi connectivity index (χ3v) is 5.80. The molecule has 3 atom stereocenters. The smallest absolute Gasteiger partial charge is 0.136 e. The SMILES string of the molecule is C[C@@H](N[S+]([O-])C(C)(C)C)c1cc(F)ccc1N1CCO[C@@H](CN=[N+]=[N-])C1. The van der Waals surface area contributed by atoms with E-state index in [-0.39, 0.29) is 24.5 Å². The van der Waals surface area contributed by atoms with Crippen LogP contribution in [0.1, 0.15) is 39.3 Å². The third kappa shape index (κ3) is 5.49. The molecule has 7 nitrogen and oxygen atoms in total. The van der Waals surface area contributed by atoms with Crippen LogP contribution in [0.15, 0.2) is 23.3 Å². The van der Waals surface area contributed by atoms with Crippen LogP contribution in [-0.2, 0) is 16.1 Å². The van der Waals surface area contributed by atoms with E-state index in [0.29, 0.717) is 19.7 Å². The topological polar surface area (TPSA) is 96.3 Å². The zero-order valence-electron chi connectivity index (χ0n) is 15.6. The molecule has 1 aromatic carbocycles. The van der Waals surface area contributed by atoms with E-state index in [0.717, 1.165) is 11.3 Å². The van der Waals surface area contributed by atoms with Crippen molar-refractivity contribution in [2.75, 3.05) is 31.1 Å². The molecule has 0 radical (unpaired) electrons. The standard InChI is InChI=1S/C17H26FN5O2S/c1-12(21-26(24)17(2,3)4)15-9-13(18)5-6-16(15)23-7-8-25-14(11-23)10-20-22-19/h5-6,9,12,14,21H,7-8,10-11H2,1-4H3/t12-,14+,26?/m1/s1. The van der Waals surface area contributed by atoms with Crippen molar-refractivity contribution in [2.45, 2.75) is 44.6 Å². The van der Waals surface area contributed by atoms with E-state index in [1.165, 1.54) is 12.1 Å². The Morgan fingerprint density at radius 1 is 1.54 bits per heavy atom. The summed E-state index contributed by atoms with van der Waals surface area (Å²) in [4.78, 5) is 4.86. The average Bonchev–Trinajstić information content (AvgIpc) is 2.59. The number of hydrogen-bond donors (Lipinski definition) is 1. The molecule has 2 rings (SSSR count). The summed E-state index contributed by atoms with van der Waals surface area (Å²) in [7, 11) is 0. The van der Waals surface area contributed by atoms with Crippen molar-refractivity contribution >= 4 is 17.0 Å². The number of rotatable bonds is 6. The summed E-state index contributed by atoms with van der Waals surface area (Å²) in [5.74, 6) is -0.335. The molecular weight excluding hydrogens is 357 g/mol. The quantitative estimate of drug-likeness (QED) is 0.352. The summed E-state index contributed by atoms with van der Waals surface area (Å²) in [6, 6.07) is 4.34. The lowest BCUT2D eigenvalue weighted by Crippen LogP contribution is -2.45. The van der Waals surface area contributed by atoms with Gasteiger partial charge in [0.2, 0.25) is 0 Å². The first-order chi connectivity index (χ1) is 12.2. The van der Waals surface area contributed by atoms with Gasteiger partial charge in [-0.15, -0.1) is 4.72 Å². The molecule has 26 heavy (non-hydrogen) atoms. The van der Waals surface area contributed by atoms with Gasteiger partial charge in [0.15, 0.2) is 0 Å². The fraction of sp³-hybridized carbons (Fsp3) is 0.647. The number of morpholine rings is 1. The Kier molecular flexibility index (Phi) is 7.14. The van der Waals surface area contributed by atoms with Crippen molar-refractivity contribution < 1.29 is 13.7 Å². The lowest BCUT2D eigenvalue weighted by molar-refractivity contribution is 0.0465. The van der Waals surface area contributed by atoms with Crippen molar-refractivity contribution in [3.63, 3.8) is 0 Å². The van der Waals surface area contributed by atoms with E-state index < -0.39 is 16.1 Å². The van der Waals surface area contributed by atoms with Gasteiger partial charge >= 0.3 is 0 Å². The Labute approximate surface area is 156 Å². The predicted octanol–water partition coefficient (Wildman–Crippen LogP) is 3.45. The minimum Gasteiger partial charge on any atom is -0.598 e. The first-order valence-electron chi connectivity index (χ1n) is 8.57. The Morgan fingerprint density at radius 2 is 2.27 bits per heavy atom. The van der Waals surface area contributed by atoms with Gasteiger partial charge in [0, 0.05) is 35.1 Å².